The number of methoxy groups -OCH3 is 1. The van der Waals surface area contributed by atoms with Gasteiger partial charge in [0.15, 0.2) is 0 Å². The smallest absolute Gasteiger partial charge is 0.136 e. The summed E-state index contributed by atoms with van der Waals surface area (Å²) in [6.45, 7) is 3.24. The van der Waals surface area contributed by atoms with Crippen molar-refractivity contribution >= 4 is 11.8 Å². The molecular formula is C13H16N2OS. The van der Waals surface area contributed by atoms with Gasteiger partial charge in [0, 0.05) is 31.1 Å². The molecule has 0 saturated carbocycles. The van der Waals surface area contributed by atoms with Crippen molar-refractivity contribution in [1.29, 1.82) is 5.26 Å². The minimum Gasteiger partial charge on any atom is -0.495 e. The Labute approximate surface area is 106 Å². The molecule has 1 fully saturated rings. The second kappa shape index (κ2) is 5.95. The van der Waals surface area contributed by atoms with E-state index < -0.39 is 0 Å². The van der Waals surface area contributed by atoms with Crippen LogP contribution in [0, 0.1) is 11.3 Å². The number of benzene rings is 1. The van der Waals surface area contributed by atoms with E-state index in [2.05, 4.69) is 11.0 Å². The summed E-state index contributed by atoms with van der Waals surface area (Å²) < 4.78 is 5.22. The van der Waals surface area contributed by atoms with Crippen LogP contribution in [0.1, 0.15) is 11.1 Å². The zero-order valence-electron chi connectivity index (χ0n) is 9.98. The molecule has 0 unspecified atom stereocenters. The molecule has 1 saturated heterocycles. The summed E-state index contributed by atoms with van der Waals surface area (Å²) in [6.07, 6.45) is 0. The van der Waals surface area contributed by atoms with Crippen LogP contribution in [-0.4, -0.2) is 36.6 Å². The maximum Gasteiger partial charge on any atom is 0.136 e. The highest BCUT2D eigenvalue weighted by atomic mass is 32.2. The molecule has 1 aliphatic rings. The fraction of sp³-hybridized carbons (Fsp3) is 0.462. The quantitative estimate of drug-likeness (QED) is 0.821. The second-order valence-electron chi connectivity index (χ2n) is 4.03. The molecule has 4 heteroatoms. The number of rotatable bonds is 3. The Kier molecular flexibility index (Phi) is 4.29. The van der Waals surface area contributed by atoms with E-state index in [0.717, 1.165) is 19.6 Å². The zero-order chi connectivity index (χ0) is 12.1. The van der Waals surface area contributed by atoms with Crippen LogP contribution in [0.25, 0.3) is 0 Å². The Bertz CT molecular complexity index is 422. The summed E-state index contributed by atoms with van der Waals surface area (Å²) in [5, 5.41) is 8.92. The molecule has 0 radical (unpaired) electrons. The third-order valence-electron chi connectivity index (χ3n) is 2.90. The molecule has 90 valence electrons. The molecule has 0 atom stereocenters. The van der Waals surface area contributed by atoms with Crippen molar-refractivity contribution < 1.29 is 4.74 Å². The van der Waals surface area contributed by atoms with Gasteiger partial charge in [0.2, 0.25) is 0 Å². The van der Waals surface area contributed by atoms with Crippen molar-refractivity contribution in [1.82, 2.24) is 4.90 Å². The third-order valence-corrected chi connectivity index (χ3v) is 3.84. The number of thioether (sulfide) groups is 1. The number of nitrogens with zero attached hydrogens (tertiary/aromatic N) is 2. The summed E-state index contributed by atoms with van der Waals surface area (Å²) in [6, 6.07) is 7.96. The summed E-state index contributed by atoms with van der Waals surface area (Å²) in [5.41, 5.74) is 1.82. The maximum absolute atomic E-state index is 8.92. The molecule has 1 aromatic carbocycles. The molecule has 0 spiro atoms. The SMILES string of the molecule is COc1cc(CN2CCSCC2)ccc1C#N. The maximum atomic E-state index is 8.92. The van der Waals surface area contributed by atoms with Crippen molar-refractivity contribution in [3.63, 3.8) is 0 Å². The highest BCUT2D eigenvalue weighted by Gasteiger charge is 2.11. The molecule has 3 nitrogen and oxygen atoms in total. The number of hydrogen-bond donors (Lipinski definition) is 0. The normalized spacial score (nSPS) is 16.5. The molecule has 0 aromatic heterocycles. The van der Waals surface area contributed by atoms with E-state index in [4.69, 9.17) is 10.00 Å². The van der Waals surface area contributed by atoms with E-state index in [1.54, 1.807) is 7.11 Å². The second-order valence-corrected chi connectivity index (χ2v) is 5.26. The van der Waals surface area contributed by atoms with Gasteiger partial charge in [-0.1, -0.05) is 6.07 Å². The van der Waals surface area contributed by atoms with E-state index in [1.165, 1.54) is 17.1 Å². The van der Waals surface area contributed by atoms with E-state index in [0.29, 0.717) is 11.3 Å². The Balaban J connectivity index is 2.08. The molecule has 2 rings (SSSR count). The fourth-order valence-electron chi connectivity index (χ4n) is 1.94. The van der Waals surface area contributed by atoms with E-state index in [-0.39, 0.29) is 0 Å². The van der Waals surface area contributed by atoms with Crippen LogP contribution in [0.15, 0.2) is 18.2 Å². The molecule has 0 amide bonds. The van der Waals surface area contributed by atoms with Crippen molar-refractivity contribution in [2.24, 2.45) is 0 Å². The summed E-state index contributed by atoms with van der Waals surface area (Å²) in [5.74, 6) is 3.11. The molecule has 0 aliphatic carbocycles. The largest absolute Gasteiger partial charge is 0.495 e. The fourth-order valence-corrected chi connectivity index (χ4v) is 2.92. The van der Waals surface area contributed by atoms with Gasteiger partial charge in [-0.15, -0.1) is 0 Å². The summed E-state index contributed by atoms with van der Waals surface area (Å²) >= 11 is 2.01. The van der Waals surface area contributed by atoms with Crippen LogP contribution in [0.4, 0.5) is 0 Å². The molecular weight excluding hydrogens is 232 g/mol. The Morgan fingerprint density at radius 2 is 2.18 bits per heavy atom. The van der Waals surface area contributed by atoms with Crippen LogP contribution in [0.2, 0.25) is 0 Å². The molecule has 17 heavy (non-hydrogen) atoms. The van der Waals surface area contributed by atoms with Gasteiger partial charge < -0.3 is 4.74 Å². The third kappa shape index (κ3) is 3.15. The Morgan fingerprint density at radius 1 is 1.41 bits per heavy atom. The van der Waals surface area contributed by atoms with Crippen LogP contribution >= 0.6 is 11.8 Å². The van der Waals surface area contributed by atoms with Gasteiger partial charge in [-0.05, 0) is 17.7 Å². The Morgan fingerprint density at radius 3 is 2.82 bits per heavy atom. The first-order chi connectivity index (χ1) is 8.33. The lowest BCUT2D eigenvalue weighted by Gasteiger charge is -2.26. The van der Waals surface area contributed by atoms with E-state index in [9.17, 15) is 0 Å². The van der Waals surface area contributed by atoms with Gasteiger partial charge in [-0.25, -0.2) is 0 Å². The highest BCUT2D eigenvalue weighted by Crippen LogP contribution is 2.21. The topological polar surface area (TPSA) is 36.3 Å². The van der Waals surface area contributed by atoms with E-state index >= 15 is 0 Å². The van der Waals surface area contributed by atoms with Crippen molar-refractivity contribution in [3.05, 3.63) is 29.3 Å². The van der Waals surface area contributed by atoms with Gasteiger partial charge in [-0.3, -0.25) is 4.90 Å². The van der Waals surface area contributed by atoms with Crippen LogP contribution in [0.3, 0.4) is 0 Å². The van der Waals surface area contributed by atoms with Crippen molar-refractivity contribution in [2.45, 2.75) is 6.54 Å². The van der Waals surface area contributed by atoms with Gasteiger partial charge in [0.1, 0.15) is 11.8 Å². The zero-order valence-corrected chi connectivity index (χ0v) is 10.8. The predicted molar refractivity (Wildman–Crippen MR) is 70.3 cm³/mol. The van der Waals surface area contributed by atoms with Gasteiger partial charge in [0.05, 0.1) is 12.7 Å². The monoisotopic (exact) mass is 248 g/mol. The molecule has 0 bridgehead atoms. The standard InChI is InChI=1S/C13H16N2OS/c1-16-13-8-11(2-3-12(13)9-14)10-15-4-6-17-7-5-15/h2-3,8H,4-7,10H2,1H3. The lowest BCUT2D eigenvalue weighted by molar-refractivity contribution is 0.294. The number of hydrogen-bond acceptors (Lipinski definition) is 4. The van der Waals surface area contributed by atoms with Crippen LogP contribution < -0.4 is 4.74 Å². The number of nitriles is 1. The molecule has 1 aromatic rings. The Hall–Kier alpha value is -1.18. The van der Waals surface area contributed by atoms with E-state index in [1.807, 2.05) is 30.0 Å². The lowest BCUT2D eigenvalue weighted by atomic mass is 10.1. The average Bonchev–Trinajstić information content (AvgIpc) is 2.40. The summed E-state index contributed by atoms with van der Waals surface area (Å²) in [4.78, 5) is 2.44. The van der Waals surface area contributed by atoms with Crippen LogP contribution in [-0.2, 0) is 6.54 Å². The molecule has 0 N–H and O–H groups in total. The molecule has 1 aliphatic heterocycles. The summed E-state index contributed by atoms with van der Waals surface area (Å²) in [7, 11) is 1.61. The van der Waals surface area contributed by atoms with Crippen molar-refractivity contribution in [3.8, 4) is 11.8 Å². The van der Waals surface area contributed by atoms with Gasteiger partial charge >= 0.3 is 0 Å². The van der Waals surface area contributed by atoms with Crippen molar-refractivity contribution in [2.75, 3.05) is 31.7 Å². The van der Waals surface area contributed by atoms with Gasteiger partial charge in [0.25, 0.3) is 0 Å². The minimum absolute atomic E-state index is 0.602. The lowest BCUT2D eigenvalue weighted by Crippen LogP contribution is -2.31. The first-order valence-corrected chi connectivity index (χ1v) is 6.86. The average molecular weight is 248 g/mol. The highest BCUT2D eigenvalue weighted by molar-refractivity contribution is 7.99. The number of ether oxygens (including phenoxy) is 1. The minimum atomic E-state index is 0.602. The molecule has 1 heterocycles. The first kappa shape index (κ1) is 12.3. The van der Waals surface area contributed by atoms with Crippen LogP contribution in [0.5, 0.6) is 5.75 Å². The first-order valence-electron chi connectivity index (χ1n) is 5.70. The van der Waals surface area contributed by atoms with Gasteiger partial charge in [-0.2, -0.15) is 17.0 Å². The predicted octanol–water partition coefficient (Wildman–Crippen LogP) is 2.12.